The molecule has 88 valence electrons. The highest BCUT2D eigenvalue weighted by Crippen LogP contribution is 2.16. The molecule has 2 rings (SSSR count). The molecule has 0 atom stereocenters. The van der Waals surface area contributed by atoms with E-state index in [2.05, 4.69) is 5.32 Å². The van der Waals surface area contributed by atoms with E-state index in [-0.39, 0.29) is 16.9 Å². The molecule has 0 spiro atoms. The van der Waals surface area contributed by atoms with Crippen molar-refractivity contribution in [2.45, 2.75) is 6.54 Å². The van der Waals surface area contributed by atoms with Gasteiger partial charge in [-0.15, -0.1) is 0 Å². The van der Waals surface area contributed by atoms with E-state index in [0.29, 0.717) is 12.2 Å². The molecule has 0 fully saturated rings. The first-order chi connectivity index (χ1) is 8.19. The lowest BCUT2D eigenvalue weighted by molar-refractivity contribution is 0.0997. The second-order valence-electron chi connectivity index (χ2n) is 3.46. The highest BCUT2D eigenvalue weighted by atomic mass is 35.5. The van der Waals surface area contributed by atoms with Gasteiger partial charge in [-0.2, -0.15) is 0 Å². The number of halogens is 1. The van der Waals surface area contributed by atoms with Crippen LogP contribution in [-0.4, -0.2) is 5.91 Å². The van der Waals surface area contributed by atoms with Gasteiger partial charge in [0.1, 0.15) is 0 Å². The first-order valence-corrected chi connectivity index (χ1v) is 5.42. The number of furan rings is 1. The Morgan fingerprint density at radius 3 is 2.82 bits per heavy atom. The van der Waals surface area contributed by atoms with Crippen molar-refractivity contribution in [3.05, 3.63) is 52.9 Å². The zero-order chi connectivity index (χ0) is 12.3. The van der Waals surface area contributed by atoms with E-state index in [1.807, 2.05) is 18.2 Å². The summed E-state index contributed by atoms with van der Waals surface area (Å²) in [5.41, 5.74) is 7.13. The van der Waals surface area contributed by atoms with Gasteiger partial charge >= 0.3 is 0 Å². The number of carbonyl (C=O) groups is 1. The highest BCUT2D eigenvalue weighted by Gasteiger charge is 2.10. The second kappa shape index (κ2) is 5.03. The van der Waals surface area contributed by atoms with Crippen molar-refractivity contribution >= 4 is 23.2 Å². The second-order valence-corrected chi connectivity index (χ2v) is 3.83. The fraction of sp³-hybridized carbons (Fsp3) is 0.0833. The summed E-state index contributed by atoms with van der Waals surface area (Å²) < 4.78 is 5.00. The fourth-order valence-corrected chi connectivity index (χ4v) is 1.55. The molecule has 3 N–H and O–H groups in total. The Bertz CT molecular complexity index is 537. The molecular formula is C12H11ClN2O2. The molecule has 2 aromatic rings. The number of nitrogens with one attached hydrogen (secondary N) is 1. The molecule has 0 aliphatic carbocycles. The normalized spacial score (nSPS) is 10.2. The first-order valence-electron chi connectivity index (χ1n) is 5.05. The summed E-state index contributed by atoms with van der Waals surface area (Å²) in [4.78, 5) is 11.7. The molecule has 1 aromatic heterocycles. The van der Waals surface area contributed by atoms with Crippen molar-refractivity contribution in [1.82, 2.24) is 0 Å². The van der Waals surface area contributed by atoms with E-state index in [4.69, 9.17) is 21.8 Å². The third-order valence-corrected chi connectivity index (χ3v) is 2.42. The quantitative estimate of drug-likeness (QED) is 0.880. The standard InChI is InChI=1S/C12H11ClN2O2/c13-11-5-4-10(17-11)12(16)15-9-3-1-2-8(6-9)7-14/h1-6H,7,14H2,(H,15,16). The molecule has 4 nitrogen and oxygen atoms in total. The summed E-state index contributed by atoms with van der Waals surface area (Å²) in [5.74, 6) is -0.167. The number of benzene rings is 1. The number of nitrogens with two attached hydrogens (primary N) is 1. The Morgan fingerprint density at radius 2 is 2.18 bits per heavy atom. The maximum absolute atomic E-state index is 11.7. The van der Waals surface area contributed by atoms with Crippen LogP contribution < -0.4 is 11.1 Å². The lowest BCUT2D eigenvalue weighted by Gasteiger charge is -2.04. The van der Waals surface area contributed by atoms with Crippen LogP contribution >= 0.6 is 11.6 Å². The summed E-state index contributed by atoms with van der Waals surface area (Å²) in [6.07, 6.45) is 0. The van der Waals surface area contributed by atoms with Crippen LogP contribution in [-0.2, 0) is 6.54 Å². The van der Waals surface area contributed by atoms with Gasteiger partial charge in [-0.3, -0.25) is 4.79 Å². The molecule has 0 radical (unpaired) electrons. The van der Waals surface area contributed by atoms with Crippen LogP contribution in [0.1, 0.15) is 16.1 Å². The summed E-state index contributed by atoms with van der Waals surface area (Å²) in [5, 5.41) is 2.89. The Kier molecular flexibility index (Phi) is 3.46. The van der Waals surface area contributed by atoms with Crippen molar-refractivity contribution in [2.75, 3.05) is 5.32 Å². The minimum Gasteiger partial charge on any atom is -0.440 e. The number of hydrogen-bond acceptors (Lipinski definition) is 3. The molecular weight excluding hydrogens is 240 g/mol. The van der Waals surface area contributed by atoms with Crippen molar-refractivity contribution in [2.24, 2.45) is 5.73 Å². The van der Waals surface area contributed by atoms with Crippen LogP contribution in [0.25, 0.3) is 0 Å². The molecule has 1 amide bonds. The number of carbonyl (C=O) groups excluding carboxylic acids is 1. The zero-order valence-electron chi connectivity index (χ0n) is 8.94. The molecule has 1 heterocycles. The SMILES string of the molecule is NCc1cccc(NC(=O)c2ccc(Cl)o2)c1. The molecule has 0 saturated heterocycles. The van der Waals surface area contributed by atoms with Crippen molar-refractivity contribution in [3.8, 4) is 0 Å². The molecule has 0 saturated carbocycles. The van der Waals surface area contributed by atoms with Crippen molar-refractivity contribution in [1.29, 1.82) is 0 Å². The van der Waals surface area contributed by atoms with Gasteiger partial charge < -0.3 is 15.5 Å². The van der Waals surface area contributed by atoms with E-state index in [1.54, 1.807) is 6.07 Å². The highest BCUT2D eigenvalue weighted by molar-refractivity contribution is 6.29. The lowest BCUT2D eigenvalue weighted by atomic mass is 10.2. The Labute approximate surface area is 103 Å². The summed E-state index contributed by atoms with van der Waals surface area (Å²) in [7, 11) is 0. The van der Waals surface area contributed by atoms with Crippen LogP contribution in [0.2, 0.25) is 5.22 Å². The maximum atomic E-state index is 11.7. The van der Waals surface area contributed by atoms with E-state index in [9.17, 15) is 4.79 Å². The molecule has 0 unspecified atom stereocenters. The van der Waals surface area contributed by atoms with Crippen LogP contribution in [0.5, 0.6) is 0 Å². The van der Waals surface area contributed by atoms with Gasteiger partial charge in [0.25, 0.3) is 5.91 Å². The number of rotatable bonds is 3. The van der Waals surface area contributed by atoms with Crippen LogP contribution in [0, 0.1) is 0 Å². The van der Waals surface area contributed by atoms with Crippen molar-refractivity contribution in [3.63, 3.8) is 0 Å². The zero-order valence-corrected chi connectivity index (χ0v) is 9.70. The lowest BCUT2D eigenvalue weighted by Crippen LogP contribution is -2.11. The maximum Gasteiger partial charge on any atom is 0.291 e. The fourth-order valence-electron chi connectivity index (χ4n) is 1.41. The van der Waals surface area contributed by atoms with Gasteiger partial charge in [-0.05, 0) is 41.4 Å². The Balaban J connectivity index is 2.12. The van der Waals surface area contributed by atoms with Gasteiger partial charge in [0.15, 0.2) is 11.0 Å². The minimum atomic E-state index is -0.342. The number of hydrogen-bond donors (Lipinski definition) is 2. The molecule has 17 heavy (non-hydrogen) atoms. The van der Waals surface area contributed by atoms with Crippen LogP contribution in [0.3, 0.4) is 0 Å². The molecule has 0 aliphatic heterocycles. The molecule has 0 bridgehead atoms. The summed E-state index contributed by atoms with van der Waals surface area (Å²) >= 11 is 5.59. The van der Waals surface area contributed by atoms with Gasteiger partial charge in [-0.25, -0.2) is 0 Å². The number of anilines is 1. The Morgan fingerprint density at radius 1 is 1.35 bits per heavy atom. The van der Waals surface area contributed by atoms with E-state index in [0.717, 1.165) is 5.56 Å². The predicted molar refractivity (Wildman–Crippen MR) is 66.0 cm³/mol. The summed E-state index contributed by atoms with van der Waals surface area (Å²) in [6.45, 7) is 0.427. The van der Waals surface area contributed by atoms with Gasteiger partial charge in [-0.1, -0.05) is 12.1 Å². The number of amides is 1. The van der Waals surface area contributed by atoms with Crippen LogP contribution in [0.15, 0.2) is 40.8 Å². The predicted octanol–water partition coefficient (Wildman–Crippen LogP) is 2.64. The molecule has 5 heteroatoms. The van der Waals surface area contributed by atoms with Crippen LogP contribution in [0.4, 0.5) is 5.69 Å². The van der Waals surface area contributed by atoms with E-state index < -0.39 is 0 Å². The first kappa shape index (κ1) is 11.7. The van der Waals surface area contributed by atoms with Gasteiger partial charge in [0.2, 0.25) is 0 Å². The Hall–Kier alpha value is -1.78. The monoisotopic (exact) mass is 250 g/mol. The third kappa shape index (κ3) is 2.87. The van der Waals surface area contributed by atoms with E-state index >= 15 is 0 Å². The van der Waals surface area contributed by atoms with Gasteiger partial charge in [0, 0.05) is 12.2 Å². The minimum absolute atomic E-state index is 0.174. The molecule has 1 aromatic carbocycles. The molecule has 0 aliphatic rings. The average Bonchev–Trinajstić information content (AvgIpc) is 2.76. The topological polar surface area (TPSA) is 68.3 Å². The largest absolute Gasteiger partial charge is 0.440 e. The summed E-state index contributed by atoms with van der Waals surface area (Å²) in [6, 6.07) is 10.3. The smallest absolute Gasteiger partial charge is 0.291 e. The van der Waals surface area contributed by atoms with Crippen molar-refractivity contribution < 1.29 is 9.21 Å². The third-order valence-electron chi connectivity index (χ3n) is 2.22. The van der Waals surface area contributed by atoms with Gasteiger partial charge in [0.05, 0.1) is 0 Å². The average molecular weight is 251 g/mol. The van der Waals surface area contributed by atoms with E-state index in [1.165, 1.54) is 12.1 Å².